The van der Waals surface area contributed by atoms with E-state index in [0.29, 0.717) is 0 Å². The van der Waals surface area contributed by atoms with Gasteiger partial charge < -0.3 is 5.32 Å². The Bertz CT molecular complexity index is 530. The highest BCUT2D eigenvalue weighted by atomic mass is 32.1. The Morgan fingerprint density at radius 2 is 2.29 bits per heavy atom. The molecule has 1 atom stereocenters. The Morgan fingerprint density at radius 3 is 3.06 bits per heavy atom. The lowest BCUT2D eigenvalue weighted by Gasteiger charge is -2.12. The van der Waals surface area contributed by atoms with Gasteiger partial charge in [0.25, 0.3) is 0 Å². The molecular weight excluding hydrogens is 230 g/mol. The van der Waals surface area contributed by atoms with Crippen LogP contribution in [-0.2, 0) is 0 Å². The Labute approximate surface area is 105 Å². The van der Waals surface area contributed by atoms with Crippen molar-refractivity contribution in [1.82, 2.24) is 9.97 Å². The van der Waals surface area contributed by atoms with Crippen LogP contribution in [0.1, 0.15) is 25.3 Å². The van der Waals surface area contributed by atoms with Gasteiger partial charge >= 0.3 is 0 Å². The van der Waals surface area contributed by atoms with Crippen molar-refractivity contribution in [3.05, 3.63) is 17.3 Å². The highest BCUT2D eigenvalue weighted by molar-refractivity contribution is 7.18. The molecule has 4 heteroatoms. The van der Waals surface area contributed by atoms with Crippen LogP contribution in [0.2, 0.25) is 0 Å². The number of aromatic nitrogens is 2. The molecule has 90 valence electrons. The summed E-state index contributed by atoms with van der Waals surface area (Å²) in [6, 6.07) is 0. The van der Waals surface area contributed by atoms with Crippen LogP contribution in [-0.4, -0.2) is 16.5 Å². The maximum Gasteiger partial charge on any atom is 0.147 e. The summed E-state index contributed by atoms with van der Waals surface area (Å²) in [5.74, 6) is 2.69. The minimum absolute atomic E-state index is 0.751. The van der Waals surface area contributed by atoms with Crippen LogP contribution >= 0.6 is 11.3 Å². The fourth-order valence-corrected chi connectivity index (χ4v) is 3.15. The standard InChI is InChI=1S/C13H17N3S/c1-8(10-3-4-10)5-14-13-12-11(15-7-16-13)9(2)6-17-12/h6-8,10H,3-5H2,1-2H3,(H,14,15,16). The molecule has 0 aromatic carbocycles. The van der Waals surface area contributed by atoms with Crippen molar-refractivity contribution in [2.24, 2.45) is 11.8 Å². The first kappa shape index (κ1) is 11.0. The zero-order valence-corrected chi connectivity index (χ0v) is 11.0. The number of anilines is 1. The van der Waals surface area contributed by atoms with Crippen molar-refractivity contribution in [3.63, 3.8) is 0 Å². The Balaban J connectivity index is 1.79. The first-order chi connectivity index (χ1) is 8.25. The molecule has 17 heavy (non-hydrogen) atoms. The normalized spacial score (nSPS) is 17.3. The van der Waals surface area contributed by atoms with E-state index in [2.05, 4.69) is 34.5 Å². The van der Waals surface area contributed by atoms with Gasteiger partial charge in [-0.25, -0.2) is 9.97 Å². The zero-order chi connectivity index (χ0) is 11.8. The third-order valence-corrected chi connectivity index (χ3v) is 4.64. The number of fused-ring (bicyclic) bond motifs is 1. The van der Waals surface area contributed by atoms with Crippen molar-refractivity contribution in [2.75, 3.05) is 11.9 Å². The number of aryl methyl sites for hydroxylation is 1. The molecule has 0 amide bonds. The molecule has 1 fully saturated rings. The lowest BCUT2D eigenvalue weighted by Crippen LogP contribution is -2.13. The molecule has 1 unspecified atom stereocenters. The predicted molar refractivity (Wildman–Crippen MR) is 72.5 cm³/mol. The van der Waals surface area contributed by atoms with Gasteiger partial charge in [0.1, 0.15) is 12.1 Å². The fraction of sp³-hybridized carbons (Fsp3) is 0.538. The monoisotopic (exact) mass is 247 g/mol. The van der Waals surface area contributed by atoms with E-state index in [-0.39, 0.29) is 0 Å². The summed E-state index contributed by atoms with van der Waals surface area (Å²) < 4.78 is 1.19. The summed E-state index contributed by atoms with van der Waals surface area (Å²) in [4.78, 5) is 8.70. The van der Waals surface area contributed by atoms with E-state index in [9.17, 15) is 0 Å². The zero-order valence-electron chi connectivity index (χ0n) is 10.2. The molecule has 2 aromatic heterocycles. The Morgan fingerprint density at radius 1 is 1.47 bits per heavy atom. The van der Waals surface area contributed by atoms with Gasteiger partial charge in [-0.05, 0) is 42.5 Å². The maximum absolute atomic E-state index is 4.36. The van der Waals surface area contributed by atoms with Gasteiger partial charge in [0.2, 0.25) is 0 Å². The molecule has 0 saturated heterocycles. The van der Waals surface area contributed by atoms with Crippen molar-refractivity contribution in [2.45, 2.75) is 26.7 Å². The second-order valence-corrected chi connectivity index (χ2v) is 5.89. The van der Waals surface area contributed by atoms with Crippen LogP contribution in [0.15, 0.2) is 11.7 Å². The summed E-state index contributed by atoms with van der Waals surface area (Å²) >= 11 is 1.73. The summed E-state index contributed by atoms with van der Waals surface area (Å²) in [7, 11) is 0. The molecule has 0 aliphatic heterocycles. The van der Waals surface area contributed by atoms with Crippen LogP contribution in [0.25, 0.3) is 10.2 Å². The Kier molecular flexibility index (Phi) is 2.74. The van der Waals surface area contributed by atoms with E-state index in [0.717, 1.165) is 29.7 Å². The van der Waals surface area contributed by atoms with E-state index in [1.807, 2.05) is 0 Å². The highest BCUT2D eigenvalue weighted by Crippen LogP contribution is 2.37. The molecule has 0 spiro atoms. The molecule has 1 aliphatic carbocycles. The van der Waals surface area contributed by atoms with Crippen molar-refractivity contribution < 1.29 is 0 Å². The van der Waals surface area contributed by atoms with Gasteiger partial charge in [-0.15, -0.1) is 11.3 Å². The first-order valence-electron chi connectivity index (χ1n) is 6.18. The fourth-order valence-electron chi connectivity index (χ4n) is 2.18. The van der Waals surface area contributed by atoms with E-state index in [4.69, 9.17) is 0 Å². The molecule has 1 N–H and O–H groups in total. The van der Waals surface area contributed by atoms with E-state index >= 15 is 0 Å². The second kappa shape index (κ2) is 4.26. The van der Waals surface area contributed by atoms with Gasteiger partial charge in [-0.1, -0.05) is 6.92 Å². The predicted octanol–water partition coefficient (Wildman–Crippen LogP) is 3.46. The van der Waals surface area contributed by atoms with Crippen molar-refractivity contribution >= 4 is 27.4 Å². The number of hydrogen-bond donors (Lipinski definition) is 1. The number of hydrogen-bond acceptors (Lipinski definition) is 4. The van der Waals surface area contributed by atoms with Crippen LogP contribution in [0.4, 0.5) is 5.82 Å². The lowest BCUT2D eigenvalue weighted by molar-refractivity contribution is 0.536. The Hall–Kier alpha value is -1.16. The molecule has 2 aromatic rings. The third-order valence-electron chi connectivity index (χ3n) is 3.55. The molecule has 1 aliphatic rings. The van der Waals surface area contributed by atoms with Crippen LogP contribution in [0.5, 0.6) is 0 Å². The van der Waals surface area contributed by atoms with Crippen molar-refractivity contribution in [3.8, 4) is 0 Å². The number of thiophene rings is 1. The van der Waals surface area contributed by atoms with Gasteiger partial charge in [0, 0.05) is 6.54 Å². The average molecular weight is 247 g/mol. The highest BCUT2D eigenvalue weighted by Gasteiger charge is 2.27. The molecule has 1 saturated carbocycles. The van der Waals surface area contributed by atoms with E-state index < -0.39 is 0 Å². The summed E-state index contributed by atoms with van der Waals surface area (Å²) in [6.07, 6.45) is 4.46. The summed E-state index contributed by atoms with van der Waals surface area (Å²) in [5.41, 5.74) is 2.33. The number of nitrogens with zero attached hydrogens (tertiary/aromatic N) is 2. The molecular formula is C13H17N3S. The third kappa shape index (κ3) is 2.14. The summed E-state index contributed by atoms with van der Waals surface area (Å²) in [6.45, 7) is 5.44. The van der Waals surface area contributed by atoms with E-state index in [1.54, 1.807) is 17.7 Å². The van der Waals surface area contributed by atoms with Gasteiger partial charge in [0.05, 0.1) is 10.2 Å². The molecule has 3 rings (SSSR count). The molecule has 2 heterocycles. The largest absolute Gasteiger partial charge is 0.369 e. The second-order valence-electron chi connectivity index (χ2n) is 5.01. The quantitative estimate of drug-likeness (QED) is 0.899. The SMILES string of the molecule is Cc1csc2c(NCC(C)C3CC3)ncnc12. The number of rotatable bonds is 4. The minimum atomic E-state index is 0.751. The van der Waals surface area contributed by atoms with Crippen molar-refractivity contribution in [1.29, 1.82) is 0 Å². The minimum Gasteiger partial charge on any atom is -0.369 e. The molecule has 0 bridgehead atoms. The summed E-state index contributed by atoms with van der Waals surface area (Å²) in [5, 5.41) is 5.63. The molecule has 0 radical (unpaired) electrons. The van der Waals surface area contributed by atoms with Crippen LogP contribution in [0, 0.1) is 18.8 Å². The van der Waals surface area contributed by atoms with Gasteiger partial charge in [-0.3, -0.25) is 0 Å². The van der Waals surface area contributed by atoms with Crippen LogP contribution < -0.4 is 5.32 Å². The maximum atomic E-state index is 4.36. The van der Waals surface area contributed by atoms with Gasteiger partial charge in [-0.2, -0.15) is 0 Å². The lowest BCUT2D eigenvalue weighted by atomic mass is 10.1. The topological polar surface area (TPSA) is 37.8 Å². The smallest absolute Gasteiger partial charge is 0.147 e. The van der Waals surface area contributed by atoms with Gasteiger partial charge in [0.15, 0.2) is 0 Å². The van der Waals surface area contributed by atoms with Crippen LogP contribution in [0.3, 0.4) is 0 Å². The average Bonchev–Trinajstić information content (AvgIpc) is 3.12. The molecule has 3 nitrogen and oxygen atoms in total. The van der Waals surface area contributed by atoms with E-state index in [1.165, 1.54) is 23.1 Å². The number of nitrogens with one attached hydrogen (secondary N) is 1. The first-order valence-corrected chi connectivity index (χ1v) is 7.06.